The van der Waals surface area contributed by atoms with E-state index in [1.54, 1.807) is 36.5 Å². The van der Waals surface area contributed by atoms with Crippen molar-refractivity contribution in [3.8, 4) is 5.75 Å². The number of carbonyl (C=O) groups is 2. The number of para-hydroxylation sites is 1. The van der Waals surface area contributed by atoms with E-state index in [1.165, 1.54) is 24.7 Å². The van der Waals surface area contributed by atoms with E-state index in [-0.39, 0.29) is 48.6 Å². The zero-order valence-electron chi connectivity index (χ0n) is 26.0. The maximum Gasteiger partial charge on any atom is 0.459 e. The molecule has 3 aromatic rings. The first-order valence-corrected chi connectivity index (χ1v) is 16.5. The van der Waals surface area contributed by atoms with Gasteiger partial charge in [0.1, 0.15) is 24.7 Å². The lowest BCUT2D eigenvalue weighted by Gasteiger charge is -2.25. The first kappa shape index (κ1) is 33.9. The van der Waals surface area contributed by atoms with Crippen LogP contribution < -0.4 is 20.9 Å². The van der Waals surface area contributed by atoms with E-state index >= 15 is 0 Å². The van der Waals surface area contributed by atoms with E-state index in [9.17, 15) is 18.9 Å². The van der Waals surface area contributed by atoms with Crippen LogP contribution in [0, 0.1) is 11.3 Å². The van der Waals surface area contributed by atoms with Crippen LogP contribution in [0.4, 0.5) is 5.95 Å². The smallest absolute Gasteiger partial charge is 0.459 e. The lowest BCUT2D eigenvalue weighted by molar-refractivity contribution is -0.147. The predicted molar refractivity (Wildman–Crippen MR) is 168 cm³/mol. The average Bonchev–Trinajstić information content (AvgIpc) is 3.53. The highest BCUT2D eigenvalue weighted by Gasteiger charge is 2.52. The minimum absolute atomic E-state index is 0.0677. The molecule has 1 unspecified atom stereocenters. The molecule has 1 aromatic carbocycles. The van der Waals surface area contributed by atoms with Crippen molar-refractivity contribution in [2.45, 2.75) is 65.8 Å². The molecule has 0 amide bonds. The molecule has 244 valence electrons. The number of nitrogens with two attached hydrogens (primary N) is 1. The molecule has 0 spiro atoms. The molecule has 1 aliphatic rings. The molecule has 15 heteroatoms. The summed E-state index contributed by atoms with van der Waals surface area (Å²) in [5.41, 5.74) is 5.46. The van der Waals surface area contributed by atoms with E-state index in [0.717, 1.165) is 31.3 Å². The Morgan fingerprint density at radius 1 is 1.18 bits per heavy atom. The van der Waals surface area contributed by atoms with Crippen LogP contribution in [0.5, 0.6) is 5.75 Å². The lowest BCUT2D eigenvalue weighted by atomic mass is 9.99. The maximum atomic E-state index is 14.2. The van der Waals surface area contributed by atoms with Crippen LogP contribution in [-0.2, 0) is 28.2 Å². The molecular weight excluding hydrogens is 603 g/mol. The molecule has 0 radical (unpaired) electrons. The highest BCUT2D eigenvalue weighted by atomic mass is 31.2. The number of fused-ring (bicyclic) bond motifs is 1. The second kappa shape index (κ2) is 14.9. The Morgan fingerprint density at radius 3 is 2.56 bits per heavy atom. The van der Waals surface area contributed by atoms with Crippen LogP contribution in [0.2, 0.25) is 0 Å². The van der Waals surface area contributed by atoms with Crippen LogP contribution in [0.25, 0.3) is 17.4 Å². The lowest BCUT2D eigenvalue weighted by Crippen LogP contribution is -2.36. The summed E-state index contributed by atoms with van der Waals surface area (Å²) in [4.78, 5) is 47.6. The SMILES string of the molecule is CCCC(CCC)COC(=O)C(C)N[P@](=O)(OC[C@@]1(COC(C)=O)C/C1=C/n1cnc2c(=O)[nH]c(N)nc21)Oc1ccccc1. The Balaban J connectivity index is 1.54. The van der Waals surface area contributed by atoms with Crippen LogP contribution in [0.15, 0.2) is 47.0 Å². The van der Waals surface area contributed by atoms with Gasteiger partial charge in [0.15, 0.2) is 11.2 Å². The maximum absolute atomic E-state index is 14.2. The van der Waals surface area contributed by atoms with Crippen molar-refractivity contribution in [3.05, 3.63) is 52.6 Å². The third-order valence-corrected chi connectivity index (χ3v) is 9.05. The summed E-state index contributed by atoms with van der Waals surface area (Å²) >= 11 is 0. The van der Waals surface area contributed by atoms with Gasteiger partial charge in [0.05, 0.1) is 18.6 Å². The standard InChI is InChI=1S/C30H41N6O8P/c1-5-10-22(11-6-2)16-41-28(39)20(3)35-45(40,44-24-12-8-7-9-13-24)43-18-30(17-42-21(4)37)14-23(30)15-36-19-32-25-26(36)33-29(31)34-27(25)38/h7-9,12-13,15,19-20,22H,5-6,10-11,14,16-18H2,1-4H3,(H,35,40)(H3,31,33,34,38)/b23-15-/t20?,30-,45-/m0/s1. The summed E-state index contributed by atoms with van der Waals surface area (Å²) in [6.07, 6.45) is 7.35. The molecule has 0 aliphatic heterocycles. The van der Waals surface area contributed by atoms with E-state index in [1.807, 2.05) is 0 Å². The highest BCUT2D eigenvalue weighted by molar-refractivity contribution is 7.52. The van der Waals surface area contributed by atoms with Crippen molar-refractivity contribution >= 4 is 43.0 Å². The molecule has 3 atom stereocenters. The summed E-state index contributed by atoms with van der Waals surface area (Å²) in [6, 6.07) is 7.41. The minimum atomic E-state index is -4.19. The summed E-state index contributed by atoms with van der Waals surface area (Å²) in [7, 11) is -4.19. The molecule has 4 N–H and O–H groups in total. The van der Waals surface area contributed by atoms with Gasteiger partial charge in [-0.25, -0.2) is 9.55 Å². The number of benzene rings is 1. The number of carbonyl (C=O) groups excluding carboxylic acids is 2. The number of nitrogens with zero attached hydrogens (tertiary/aromatic N) is 3. The van der Waals surface area contributed by atoms with Crippen molar-refractivity contribution in [1.29, 1.82) is 0 Å². The number of rotatable bonds is 17. The first-order chi connectivity index (χ1) is 21.5. The molecule has 0 bridgehead atoms. The van der Waals surface area contributed by atoms with Gasteiger partial charge in [-0.15, -0.1) is 0 Å². The largest absolute Gasteiger partial charge is 0.465 e. The van der Waals surface area contributed by atoms with Gasteiger partial charge in [-0.1, -0.05) is 44.9 Å². The number of esters is 2. The number of nitrogens with one attached hydrogen (secondary N) is 2. The molecular formula is C30H41N6O8P. The van der Waals surface area contributed by atoms with Crippen molar-refractivity contribution in [2.24, 2.45) is 11.3 Å². The fraction of sp³-hybridized carbons (Fsp3) is 0.500. The van der Waals surface area contributed by atoms with E-state index in [4.69, 9.17) is 24.3 Å². The number of ether oxygens (including phenoxy) is 2. The number of imidazole rings is 1. The predicted octanol–water partition coefficient (Wildman–Crippen LogP) is 4.44. The van der Waals surface area contributed by atoms with E-state index < -0.39 is 36.7 Å². The summed E-state index contributed by atoms with van der Waals surface area (Å²) in [5.74, 6) is -0.639. The zero-order chi connectivity index (χ0) is 32.6. The number of anilines is 1. The van der Waals surface area contributed by atoms with Gasteiger partial charge in [-0.05, 0) is 49.8 Å². The third kappa shape index (κ3) is 9.03. The molecule has 45 heavy (non-hydrogen) atoms. The Labute approximate surface area is 261 Å². The number of hydrogen-bond donors (Lipinski definition) is 3. The second-order valence-electron chi connectivity index (χ2n) is 11.3. The minimum Gasteiger partial charge on any atom is -0.465 e. The van der Waals surface area contributed by atoms with Gasteiger partial charge in [0.2, 0.25) is 5.95 Å². The molecule has 0 saturated heterocycles. The molecule has 1 saturated carbocycles. The van der Waals surface area contributed by atoms with Crippen LogP contribution in [0.1, 0.15) is 59.8 Å². The van der Waals surface area contributed by atoms with E-state index in [0.29, 0.717) is 6.42 Å². The highest BCUT2D eigenvalue weighted by Crippen LogP contribution is 2.56. The topological polar surface area (TPSA) is 190 Å². The van der Waals surface area contributed by atoms with Crippen molar-refractivity contribution < 1.29 is 32.7 Å². The van der Waals surface area contributed by atoms with E-state index in [2.05, 4.69) is 33.9 Å². The Bertz CT molecular complexity index is 1620. The van der Waals surface area contributed by atoms with Gasteiger partial charge in [-0.3, -0.25) is 28.5 Å². The van der Waals surface area contributed by atoms with Crippen molar-refractivity contribution in [1.82, 2.24) is 24.6 Å². The van der Waals surface area contributed by atoms with Crippen LogP contribution in [-0.4, -0.2) is 57.3 Å². The first-order valence-electron chi connectivity index (χ1n) is 15.0. The number of aromatic amines is 1. The van der Waals surface area contributed by atoms with Gasteiger partial charge in [0, 0.05) is 13.1 Å². The average molecular weight is 645 g/mol. The molecule has 14 nitrogen and oxygen atoms in total. The normalized spacial score (nSPS) is 18.9. The third-order valence-electron chi connectivity index (χ3n) is 7.42. The number of H-pyrrole nitrogens is 1. The summed E-state index contributed by atoms with van der Waals surface area (Å²) < 4.78 is 38.4. The molecule has 1 fully saturated rings. The number of nitrogen functional groups attached to an aromatic ring is 1. The van der Waals surface area contributed by atoms with Crippen molar-refractivity contribution in [3.63, 3.8) is 0 Å². The summed E-state index contributed by atoms with van der Waals surface area (Å²) in [6.45, 7) is 6.99. The zero-order valence-corrected chi connectivity index (χ0v) is 26.9. The Morgan fingerprint density at radius 2 is 1.89 bits per heavy atom. The fourth-order valence-electron chi connectivity index (χ4n) is 4.94. The monoisotopic (exact) mass is 644 g/mol. The van der Waals surface area contributed by atoms with Gasteiger partial charge >= 0.3 is 19.7 Å². The number of hydrogen-bond acceptors (Lipinski definition) is 11. The molecule has 4 rings (SSSR count). The molecule has 1 aliphatic carbocycles. The molecule has 2 aromatic heterocycles. The molecule has 2 heterocycles. The van der Waals surface area contributed by atoms with Gasteiger partial charge in [0.25, 0.3) is 5.56 Å². The number of aromatic nitrogens is 4. The van der Waals surface area contributed by atoms with Gasteiger partial charge in [-0.2, -0.15) is 10.1 Å². The fourth-order valence-corrected chi connectivity index (χ4v) is 6.51. The van der Waals surface area contributed by atoms with Crippen LogP contribution >= 0.6 is 7.75 Å². The Hall–Kier alpha value is -4.00. The summed E-state index contributed by atoms with van der Waals surface area (Å²) in [5, 5.41) is 2.72. The second-order valence-corrected chi connectivity index (χ2v) is 13.0. The van der Waals surface area contributed by atoms with Gasteiger partial charge < -0.3 is 19.7 Å². The quantitative estimate of drug-likeness (QED) is 0.139. The Kier molecular flexibility index (Phi) is 11.2. The van der Waals surface area contributed by atoms with Crippen LogP contribution in [0.3, 0.4) is 0 Å². The van der Waals surface area contributed by atoms with Crippen molar-refractivity contribution in [2.75, 3.05) is 25.6 Å².